The van der Waals surface area contributed by atoms with Crippen molar-refractivity contribution in [1.29, 1.82) is 0 Å². The lowest BCUT2D eigenvalue weighted by Crippen LogP contribution is -2.28. The summed E-state index contributed by atoms with van der Waals surface area (Å²) in [5.41, 5.74) is 0. The van der Waals surface area contributed by atoms with Crippen LogP contribution in [0.5, 0.6) is 0 Å². The Morgan fingerprint density at radius 2 is 1.02 bits per heavy atom. The Balaban J connectivity index is 2.22. The number of thiazole rings is 1. The highest BCUT2D eigenvalue weighted by Gasteiger charge is 2.14. The van der Waals surface area contributed by atoms with E-state index in [0.29, 0.717) is 6.42 Å². The van der Waals surface area contributed by atoms with Gasteiger partial charge in [0, 0.05) is 37.8 Å². The number of esters is 1. The number of anilines is 1. The van der Waals surface area contributed by atoms with Crippen molar-refractivity contribution in [3.8, 4) is 0 Å². The molecule has 0 atom stereocenters. The number of hydrogen-bond acceptors (Lipinski definition) is 7. The summed E-state index contributed by atoms with van der Waals surface area (Å²) < 4.78 is 12.0. The molecule has 1 aromatic heterocycles. The van der Waals surface area contributed by atoms with Crippen molar-refractivity contribution in [3.63, 3.8) is 0 Å². The fourth-order valence-electron chi connectivity index (χ4n) is 7.60. The Morgan fingerprint density at radius 3 is 1.51 bits per heavy atom. The lowest BCUT2D eigenvalue weighted by Gasteiger charge is -2.22. The largest absolute Gasteiger partial charge is 0.462 e. The summed E-state index contributed by atoms with van der Waals surface area (Å²) in [6.45, 7) is 13.3. The number of unbranched alkanes of at least 4 members (excludes halogenated alkanes) is 25. The molecule has 0 bridgehead atoms. The zero-order valence-electron chi connectivity index (χ0n) is 37.0. The van der Waals surface area contributed by atoms with E-state index in [1.54, 1.807) is 11.3 Å². The minimum atomic E-state index is 0.0478. The van der Waals surface area contributed by atoms with Crippen molar-refractivity contribution in [2.75, 3.05) is 44.7 Å². The molecular formula is C48H93N3O3S. The molecule has 0 spiro atoms. The molecule has 55 heavy (non-hydrogen) atoms. The lowest BCUT2D eigenvalue weighted by molar-refractivity contribution is -0.150. The normalized spacial score (nSPS) is 11.7. The van der Waals surface area contributed by atoms with Gasteiger partial charge < -0.3 is 19.7 Å². The van der Waals surface area contributed by atoms with Crippen molar-refractivity contribution < 1.29 is 14.3 Å². The monoisotopic (exact) mass is 792 g/mol. The third-order valence-corrected chi connectivity index (χ3v) is 11.9. The molecule has 0 fully saturated rings. The molecule has 0 amide bonds. The first kappa shape index (κ1) is 51.8. The van der Waals surface area contributed by atoms with Crippen LogP contribution in [-0.4, -0.2) is 61.3 Å². The zero-order valence-corrected chi connectivity index (χ0v) is 37.9. The second kappa shape index (κ2) is 42.4. The summed E-state index contributed by atoms with van der Waals surface area (Å²) in [6, 6.07) is 0. The van der Waals surface area contributed by atoms with E-state index >= 15 is 0 Å². The first-order valence-corrected chi connectivity index (χ1v) is 25.2. The summed E-state index contributed by atoms with van der Waals surface area (Å²) in [4.78, 5) is 19.9. The quantitative estimate of drug-likeness (QED) is 0.0524. The molecule has 0 aromatic carbocycles. The molecule has 1 rings (SSSR count). The fraction of sp³-hybridized carbons (Fsp3) is 0.917. The number of nitrogens with zero attached hydrogens (tertiary/aromatic N) is 2. The Labute approximate surface area is 346 Å². The molecule has 324 valence electrons. The van der Waals surface area contributed by atoms with Crippen LogP contribution in [0.15, 0.2) is 11.6 Å². The van der Waals surface area contributed by atoms with Gasteiger partial charge in [-0.25, -0.2) is 4.98 Å². The summed E-state index contributed by atoms with van der Waals surface area (Å²) in [5, 5.41) is 6.55. The van der Waals surface area contributed by atoms with Gasteiger partial charge in [0.15, 0.2) is 5.13 Å². The van der Waals surface area contributed by atoms with E-state index in [4.69, 9.17) is 9.47 Å². The molecule has 0 unspecified atom stereocenters. The summed E-state index contributed by atoms with van der Waals surface area (Å²) in [5.74, 6) is 0.0478. The number of carbonyl (C=O) groups excluding carboxylic acids is 1. The molecule has 7 heteroatoms. The van der Waals surface area contributed by atoms with Crippen molar-refractivity contribution >= 4 is 22.4 Å². The molecule has 6 nitrogen and oxygen atoms in total. The Bertz CT molecular complexity index is 870. The van der Waals surface area contributed by atoms with E-state index in [1.165, 1.54) is 193 Å². The fourth-order valence-corrected chi connectivity index (χ4v) is 8.16. The van der Waals surface area contributed by atoms with E-state index in [1.807, 2.05) is 11.6 Å². The van der Waals surface area contributed by atoms with Gasteiger partial charge in [-0.15, -0.1) is 11.3 Å². The second-order valence-corrected chi connectivity index (χ2v) is 17.5. The molecule has 0 radical (unpaired) electrons. The van der Waals surface area contributed by atoms with Crippen molar-refractivity contribution in [2.45, 2.75) is 245 Å². The van der Waals surface area contributed by atoms with Gasteiger partial charge in [0.2, 0.25) is 0 Å². The van der Waals surface area contributed by atoms with Gasteiger partial charge in [0.1, 0.15) is 6.10 Å². The molecule has 0 aliphatic carbocycles. The molecule has 0 saturated carbocycles. The van der Waals surface area contributed by atoms with Crippen LogP contribution < -0.4 is 5.32 Å². The molecule has 0 aliphatic heterocycles. The van der Waals surface area contributed by atoms with Crippen LogP contribution in [-0.2, 0) is 14.3 Å². The maximum Gasteiger partial charge on any atom is 0.306 e. The van der Waals surface area contributed by atoms with Gasteiger partial charge in [-0.1, -0.05) is 168 Å². The van der Waals surface area contributed by atoms with Crippen molar-refractivity contribution in [3.05, 3.63) is 11.6 Å². The summed E-state index contributed by atoms with van der Waals surface area (Å²) in [7, 11) is 0. The highest BCUT2D eigenvalue weighted by atomic mass is 32.1. The molecule has 1 aromatic rings. The third-order valence-electron chi connectivity index (χ3n) is 11.2. The number of nitrogens with one attached hydrogen (secondary N) is 1. The Kier molecular flexibility index (Phi) is 40.0. The Hall–Kier alpha value is -1.18. The molecule has 0 saturated heterocycles. The predicted molar refractivity (Wildman–Crippen MR) is 242 cm³/mol. The average molecular weight is 792 g/mol. The van der Waals surface area contributed by atoms with E-state index in [9.17, 15) is 4.79 Å². The third kappa shape index (κ3) is 36.9. The van der Waals surface area contributed by atoms with Crippen LogP contribution in [0.25, 0.3) is 0 Å². The number of hydrogen-bond donors (Lipinski definition) is 1. The van der Waals surface area contributed by atoms with Gasteiger partial charge in [0.25, 0.3) is 0 Å². The SMILES string of the molecule is CCCCCCCCCOCCCCCCCCN(CCCCCCCC(=O)OC(CCCCCCCC)CCCCCCCC)CCCNc1nccs1. The van der Waals surface area contributed by atoms with Crippen molar-refractivity contribution in [1.82, 2.24) is 9.88 Å². The van der Waals surface area contributed by atoms with Gasteiger partial charge >= 0.3 is 5.97 Å². The number of carbonyl (C=O) groups is 1. The molecular weight excluding hydrogens is 699 g/mol. The summed E-state index contributed by atoms with van der Waals surface area (Å²) in [6.07, 6.45) is 44.6. The van der Waals surface area contributed by atoms with Crippen molar-refractivity contribution in [2.24, 2.45) is 0 Å². The highest BCUT2D eigenvalue weighted by molar-refractivity contribution is 7.13. The van der Waals surface area contributed by atoms with Crippen LogP contribution in [0.4, 0.5) is 5.13 Å². The minimum absolute atomic E-state index is 0.0478. The van der Waals surface area contributed by atoms with Crippen LogP contribution in [0.2, 0.25) is 0 Å². The smallest absolute Gasteiger partial charge is 0.306 e. The standard InChI is InChI=1S/C48H93N3O3S/c1-4-7-10-13-17-25-32-43-53-44-33-26-18-16-23-30-40-51(42-34-38-49-48-50-39-45-55-48)41-31-24-19-22-29-37-47(52)54-46(35-27-20-14-11-8-5-2)36-28-21-15-12-9-6-3/h39,45-46H,4-38,40-44H2,1-3H3,(H,49,50). The minimum Gasteiger partial charge on any atom is -0.462 e. The second-order valence-electron chi connectivity index (χ2n) is 16.6. The van der Waals surface area contributed by atoms with Gasteiger partial charge in [-0.05, 0) is 83.8 Å². The van der Waals surface area contributed by atoms with Crippen LogP contribution >= 0.6 is 11.3 Å². The van der Waals surface area contributed by atoms with Crippen LogP contribution in [0.3, 0.4) is 0 Å². The topological polar surface area (TPSA) is 63.7 Å². The van der Waals surface area contributed by atoms with E-state index in [-0.39, 0.29) is 12.1 Å². The van der Waals surface area contributed by atoms with Crippen LogP contribution in [0, 0.1) is 0 Å². The zero-order chi connectivity index (χ0) is 39.5. The van der Waals surface area contributed by atoms with E-state index in [2.05, 4.69) is 36.0 Å². The molecule has 1 N–H and O–H groups in total. The van der Waals surface area contributed by atoms with E-state index in [0.717, 1.165) is 63.5 Å². The number of rotatable bonds is 45. The average Bonchev–Trinajstić information content (AvgIpc) is 3.72. The first-order valence-electron chi connectivity index (χ1n) is 24.3. The van der Waals surface area contributed by atoms with E-state index < -0.39 is 0 Å². The summed E-state index contributed by atoms with van der Waals surface area (Å²) >= 11 is 1.68. The van der Waals surface area contributed by atoms with Crippen LogP contribution in [0.1, 0.15) is 239 Å². The maximum atomic E-state index is 12.8. The maximum absolute atomic E-state index is 12.8. The first-order chi connectivity index (χ1) is 27.2. The predicted octanol–water partition coefficient (Wildman–Crippen LogP) is 15.1. The molecule has 1 heterocycles. The van der Waals surface area contributed by atoms with Gasteiger partial charge in [0.05, 0.1) is 0 Å². The van der Waals surface area contributed by atoms with Gasteiger partial charge in [-0.3, -0.25) is 4.79 Å². The molecule has 0 aliphatic rings. The number of aromatic nitrogens is 1. The van der Waals surface area contributed by atoms with Gasteiger partial charge in [-0.2, -0.15) is 0 Å². The number of ether oxygens (including phenoxy) is 2. The Morgan fingerprint density at radius 1 is 0.582 bits per heavy atom. The lowest BCUT2D eigenvalue weighted by atomic mass is 10.0. The highest BCUT2D eigenvalue weighted by Crippen LogP contribution is 2.19.